The Kier molecular flexibility index (Phi) is 7.36. The molecule has 0 saturated carbocycles. The molecule has 6 heteroatoms. The van der Waals surface area contributed by atoms with Crippen molar-refractivity contribution in [2.75, 3.05) is 19.7 Å². The Morgan fingerprint density at radius 2 is 1.32 bits per heavy atom. The molecule has 2 N–H and O–H groups in total. The maximum Gasteiger partial charge on any atom is 0.416 e. The van der Waals surface area contributed by atoms with Crippen molar-refractivity contribution in [1.82, 2.24) is 5.32 Å². The number of benzene rings is 3. The summed E-state index contributed by atoms with van der Waals surface area (Å²) in [6.07, 6.45) is -5.19. The van der Waals surface area contributed by atoms with Crippen molar-refractivity contribution in [2.45, 2.75) is 24.6 Å². The van der Waals surface area contributed by atoms with Crippen LogP contribution in [0.3, 0.4) is 0 Å². The molecule has 1 unspecified atom stereocenters. The van der Waals surface area contributed by atoms with Gasteiger partial charge in [-0.15, -0.1) is 0 Å². The molecule has 0 aromatic heterocycles. The summed E-state index contributed by atoms with van der Waals surface area (Å²) in [4.78, 5) is 0. The van der Waals surface area contributed by atoms with Crippen LogP contribution in [0.25, 0.3) is 0 Å². The molecule has 0 aliphatic rings. The van der Waals surface area contributed by atoms with Crippen LogP contribution in [0.5, 0.6) is 5.75 Å². The monoisotopic (exact) mass is 429 g/mol. The topological polar surface area (TPSA) is 41.5 Å². The van der Waals surface area contributed by atoms with Crippen LogP contribution in [-0.2, 0) is 11.6 Å². The van der Waals surface area contributed by atoms with Crippen LogP contribution >= 0.6 is 0 Å². The van der Waals surface area contributed by atoms with Crippen LogP contribution in [0.15, 0.2) is 84.9 Å². The fourth-order valence-corrected chi connectivity index (χ4v) is 3.46. The fraction of sp³-hybridized carbons (Fsp3) is 0.280. The molecule has 0 saturated heterocycles. The van der Waals surface area contributed by atoms with Gasteiger partial charge in [0.2, 0.25) is 0 Å². The summed E-state index contributed by atoms with van der Waals surface area (Å²) in [6.45, 7) is 3.01. The molecular formula is C25H26F3NO2. The fourth-order valence-electron chi connectivity index (χ4n) is 3.46. The Bertz CT molecular complexity index is 889. The van der Waals surface area contributed by atoms with Crippen molar-refractivity contribution in [1.29, 1.82) is 0 Å². The van der Waals surface area contributed by atoms with Crippen molar-refractivity contribution < 1.29 is 23.0 Å². The largest absolute Gasteiger partial charge is 0.491 e. The van der Waals surface area contributed by atoms with Gasteiger partial charge in [-0.2, -0.15) is 13.2 Å². The lowest BCUT2D eigenvalue weighted by Crippen LogP contribution is -2.41. The van der Waals surface area contributed by atoms with Gasteiger partial charge in [0.15, 0.2) is 0 Å². The number of nitrogens with one attached hydrogen (secondary N) is 1. The third-order valence-electron chi connectivity index (χ3n) is 5.30. The van der Waals surface area contributed by atoms with E-state index in [9.17, 15) is 18.3 Å². The van der Waals surface area contributed by atoms with Gasteiger partial charge < -0.3 is 15.2 Å². The second kappa shape index (κ2) is 9.98. The van der Waals surface area contributed by atoms with Crippen molar-refractivity contribution in [3.8, 4) is 5.75 Å². The molecule has 3 aromatic carbocycles. The molecule has 0 heterocycles. The molecular weight excluding hydrogens is 403 g/mol. The number of alkyl halides is 3. The van der Waals surface area contributed by atoms with E-state index in [4.69, 9.17) is 4.74 Å². The molecule has 0 bridgehead atoms. The highest BCUT2D eigenvalue weighted by molar-refractivity contribution is 5.38. The number of hydrogen-bond acceptors (Lipinski definition) is 3. The van der Waals surface area contributed by atoms with Gasteiger partial charge in [-0.1, -0.05) is 67.6 Å². The molecule has 3 rings (SSSR count). The highest BCUT2D eigenvalue weighted by Crippen LogP contribution is 2.31. The predicted octanol–water partition coefficient (Wildman–Crippen LogP) is 5.04. The lowest BCUT2D eigenvalue weighted by molar-refractivity contribution is -0.137. The van der Waals surface area contributed by atoms with Crippen LogP contribution in [0.1, 0.15) is 23.6 Å². The van der Waals surface area contributed by atoms with E-state index >= 15 is 0 Å². The molecule has 0 fully saturated rings. The highest BCUT2D eigenvalue weighted by Gasteiger charge is 2.30. The first kappa shape index (κ1) is 22.8. The number of hydrogen-bond donors (Lipinski definition) is 2. The van der Waals surface area contributed by atoms with E-state index in [-0.39, 0.29) is 24.3 Å². The molecule has 0 radical (unpaired) electrons. The van der Waals surface area contributed by atoms with Gasteiger partial charge in [-0.25, -0.2) is 0 Å². The normalized spacial score (nSPS) is 13.1. The van der Waals surface area contributed by atoms with Gasteiger partial charge in [0, 0.05) is 18.5 Å². The Hall–Kier alpha value is -2.83. The van der Waals surface area contributed by atoms with E-state index in [1.807, 2.05) is 36.4 Å². The quantitative estimate of drug-likeness (QED) is 0.501. The van der Waals surface area contributed by atoms with Gasteiger partial charge in [0.05, 0.1) is 5.56 Å². The molecule has 164 valence electrons. The van der Waals surface area contributed by atoms with Crippen LogP contribution in [0.4, 0.5) is 13.2 Å². The van der Waals surface area contributed by atoms with Crippen LogP contribution in [0.2, 0.25) is 0 Å². The Morgan fingerprint density at radius 1 is 0.806 bits per heavy atom. The minimum Gasteiger partial charge on any atom is -0.491 e. The van der Waals surface area contributed by atoms with E-state index < -0.39 is 17.8 Å². The van der Waals surface area contributed by atoms with Gasteiger partial charge in [0.1, 0.15) is 18.5 Å². The number of halogens is 3. The van der Waals surface area contributed by atoms with E-state index in [1.54, 1.807) is 0 Å². The van der Waals surface area contributed by atoms with E-state index in [1.165, 1.54) is 12.1 Å². The van der Waals surface area contributed by atoms with E-state index in [0.29, 0.717) is 6.54 Å². The van der Waals surface area contributed by atoms with Gasteiger partial charge in [0.25, 0.3) is 0 Å². The van der Waals surface area contributed by atoms with E-state index in [2.05, 4.69) is 36.5 Å². The zero-order valence-corrected chi connectivity index (χ0v) is 17.3. The Labute approximate surface area is 180 Å². The molecule has 3 aromatic rings. The van der Waals surface area contributed by atoms with Gasteiger partial charge in [-0.05, 0) is 35.4 Å². The molecule has 0 spiro atoms. The van der Waals surface area contributed by atoms with Crippen LogP contribution < -0.4 is 10.1 Å². The summed E-state index contributed by atoms with van der Waals surface area (Å²) in [5, 5.41) is 13.6. The van der Waals surface area contributed by atoms with Gasteiger partial charge >= 0.3 is 6.18 Å². The van der Waals surface area contributed by atoms with Crippen molar-refractivity contribution >= 4 is 0 Å². The summed E-state index contributed by atoms with van der Waals surface area (Å²) in [6, 6.07) is 24.7. The molecule has 1 atom stereocenters. The zero-order valence-electron chi connectivity index (χ0n) is 17.3. The minimum atomic E-state index is -4.38. The lowest BCUT2D eigenvalue weighted by atomic mass is 9.76. The molecule has 0 aliphatic carbocycles. The molecule has 0 aliphatic heterocycles. The number of ether oxygens (including phenoxy) is 1. The summed E-state index contributed by atoms with van der Waals surface area (Å²) in [7, 11) is 0. The molecule has 3 nitrogen and oxygen atoms in total. The first-order valence-corrected chi connectivity index (χ1v) is 10.1. The standard InChI is InChI=1S/C25H26F3NO2/c1-24(19-8-4-2-5-9-19,20-10-6-3-7-11-20)18-29-16-22(30)17-31-23-14-12-21(13-15-23)25(26,27)28/h2-15,22,29-30H,16-18H2,1H3. The smallest absolute Gasteiger partial charge is 0.416 e. The average molecular weight is 429 g/mol. The minimum absolute atomic E-state index is 0.0221. The number of aliphatic hydroxyl groups is 1. The summed E-state index contributed by atoms with van der Waals surface area (Å²) in [5.41, 5.74) is 1.29. The zero-order chi connectivity index (χ0) is 22.3. The SMILES string of the molecule is CC(CNCC(O)COc1ccc(C(F)(F)F)cc1)(c1ccccc1)c1ccccc1. The van der Waals surface area contributed by atoms with Gasteiger partial charge in [-0.3, -0.25) is 0 Å². The second-order valence-corrected chi connectivity index (χ2v) is 7.68. The van der Waals surface area contributed by atoms with Crippen molar-refractivity contribution in [3.05, 3.63) is 102 Å². The van der Waals surface area contributed by atoms with Crippen molar-refractivity contribution in [2.24, 2.45) is 0 Å². The van der Waals surface area contributed by atoms with Crippen molar-refractivity contribution in [3.63, 3.8) is 0 Å². The van der Waals surface area contributed by atoms with Crippen LogP contribution in [-0.4, -0.2) is 30.9 Å². The first-order chi connectivity index (χ1) is 14.8. The summed E-state index contributed by atoms with van der Waals surface area (Å²) in [5.74, 6) is 0.283. The molecule has 0 amide bonds. The van der Waals surface area contributed by atoms with E-state index in [0.717, 1.165) is 23.3 Å². The second-order valence-electron chi connectivity index (χ2n) is 7.68. The number of aliphatic hydroxyl groups excluding tert-OH is 1. The maximum absolute atomic E-state index is 12.6. The highest BCUT2D eigenvalue weighted by atomic mass is 19.4. The third kappa shape index (κ3) is 6.09. The maximum atomic E-state index is 12.6. The predicted molar refractivity (Wildman–Crippen MR) is 115 cm³/mol. The summed E-state index contributed by atoms with van der Waals surface area (Å²) >= 11 is 0. The lowest BCUT2D eigenvalue weighted by Gasteiger charge is -2.32. The van der Waals surface area contributed by atoms with Crippen LogP contribution in [0, 0.1) is 0 Å². The summed E-state index contributed by atoms with van der Waals surface area (Å²) < 4.78 is 43.3. The Morgan fingerprint density at radius 3 is 1.81 bits per heavy atom. The average Bonchev–Trinajstić information content (AvgIpc) is 2.78. The third-order valence-corrected chi connectivity index (χ3v) is 5.30. The molecule has 31 heavy (non-hydrogen) atoms. The first-order valence-electron chi connectivity index (χ1n) is 10.1. The number of rotatable bonds is 9. The Balaban J connectivity index is 1.56.